The van der Waals surface area contributed by atoms with Crippen LogP contribution in [0.4, 0.5) is 17.6 Å². The van der Waals surface area contributed by atoms with Crippen LogP contribution in [0.1, 0.15) is 47.5 Å². The molecule has 0 spiro atoms. The number of carbonyl (C=O) groups excluding carboxylic acids is 1. The monoisotopic (exact) mass is 380 g/mol. The summed E-state index contributed by atoms with van der Waals surface area (Å²) in [4.78, 5) is 13.5. The SMILES string of the molecule is Cl.O=C(c1cc(F)c(F)c(C2CCNCC2)c1)N1CCCC(F)(F)C1. The van der Waals surface area contributed by atoms with E-state index in [1.807, 2.05) is 0 Å². The van der Waals surface area contributed by atoms with E-state index in [-0.39, 0.29) is 48.8 Å². The van der Waals surface area contributed by atoms with Gasteiger partial charge in [-0.05, 0) is 56.0 Å². The van der Waals surface area contributed by atoms with Crippen LogP contribution in [0.25, 0.3) is 0 Å². The molecule has 0 bridgehead atoms. The molecule has 1 amide bonds. The third kappa shape index (κ3) is 4.44. The molecule has 0 radical (unpaired) electrons. The molecule has 1 aromatic rings. The summed E-state index contributed by atoms with van der Waals surface area (Å²) in [5, 5.41) is 3.14. The van der Waals surface area contributed by atoms with Gasteiger partial charge in [-0.15, -0.1) is 12.4 Å². The molecule has 2 heterocycles. The number of nitrogens with one attached hydrogen (secondary N) is 1. The predicted octanol–water partition coefficient (Wildman–Crippen LogP) is 3.72. The average molecular weight is 381 g/mol. The van der Waals surface area contributed by atoms with Gasteiger partial charge in [0.15, 0.2) is 11.6 Å². The molecule has 0 saturated carbocycles. The van der Waals surface area contributed by atoms with Gasteiger partial charge in [-0.25, -0.2) is 17.6 Å². The van der Waals surface area contributed by atoms with Crippen molar-refractivity contribution in [3.63, 3.8) is 0 Å². The van der Waals surface area contributed by atoms with E-state index in [9.17, 15) is 22.4 Å². The molecular weight excluding hydrogens is 360 g/mol. The molecule has 1 N–H and O–H groups in total. The largest absolute Gasteiger partial charge is 0.333 e. The van der Waals surface area contributed by atoms with Crippen LogP contribution in [0.5, 0.6) is 0 Å². The lowest BCUT2D eigenvalue weighted by atomic mass is 9.88. The molecule has 2 fully saturated rings. The summed E-state index contributed by atoms with van der Waals surface area (Å²) in [5.74, 6) is -5.80. The fourth-order valence-electron chi connectivity index (χ4n) is 3.49. The molecule has 1 aromatic carbocycles. The first-order chi connectivity index (χ1) is 11.4. The summed E-state index contributed by atoms with van der Waals surface area (Å²) in [6.07, 6.45) is 1.24. The lowest BCUT2D eigenvalue weighted by Crippen LogP contribution is -2.45. The van der Waals surface area contributed by atoms with Crippen molar-refractivity contribution >= 4 is 18.3 Å². The summed E-state index contributed by atoms with van der Waals surface area (Å²) < 4.78 is 55.1. The fraction of sp³-hybridized carbons (Fsp3) is 0.588. The Morgan fingerprint density at radius 3 is 2.52 bits per heavy atom. The average Bonchev–Trinajstić information content (AvgIpc) is 2.56. The molecule has 25 heavy (non-hydrogen) atoms. The van der Waals surface area contributed by atoms with Gasteiger partial charge in [-0.1, -0.05) is 0 Å². The summed E-state index contributed by atoms with van der Waals surface area (Å²) in [7, 11) is 0. The van der Waals surface area contributed by atoms with Gasteiger partial charge >= 0.3 is 0 Å². The Hall–Kier alpha value is -1.34. The normalized spacial score (nSPS) is 20.9. The number of benzene rings is 1. The first-order valence-electron chi connectivity index (χ1n) is 8.24. The first-order valence-corrected chi connectivity index (χ1v) is 8.24. The van der Waals surface area contributed by atoms with E-state index in [1.165, 1.54) is 6.07 Å². The number of piperidine rings is 2. The topological polar surface area (TPSA) is 32.3 Å². The molecule has 2 saturated heterocycles. The van der Waals surface area contributed by atoms with Crippen molar-refractivity contribution in [1.82, 2.24) is 10.2 Å². The van der Waals surface area contributed by atoms with Gasteiger partial charge in [-0.2, -0.15) is 0 Å². The second-order valence-electron chi connectivity index (χ2n) is 6.57. The van der Waals surface area contributed by atoms with Crippen molar-refractivity contribution in [2.75, 3.05) is 26.2 Å². The number of likely N-dealkylation sites (tertiary alicyclic amines) is 1. The number of nitrogens with zero attached hydrogens (tertiary/aromatic N) is 1. The van der Waals surface area contributed by atoms with Gasteiger partial charge in [0.05, 0.1) is 6.54 Å². The highest BCUT2D eigenvalue weighted by molar-refractivity contribution is 5.94. The molecule has 0 aromatic heterocycles. The lowest BCUT2D eigenvalue weighted by molar-refractivity contribution is -0.0560. The van der Waals surface area contributed by atoms with E-state index in [0.717, 1.165) is 11.0 Å². The number of alkyl halides is 2. The highest BCUT2D eigenvalue weighted by atomic mass is 35.5. The minimum absolute atomic E-state index is 0. The van der Waals surface area contributed by atoms with Crippen LogP contribution in [0.2, 0.25) is 0 Å². The number of hydrogen-bond acceptors (Lipinski definition) is 2. The summed E-state index contributed by atoms with van der Waals surface area (Å²) in [6.45, 7) is 0.925. The quantitative estimate of drug-likeness (QED) is 0.793. The Morgan fingerprint density at radius 1 is 1.20 bits per heavy atom. The van der Waals surface area contributed by atoms with Gasteiger partial charge in [0.25, 0.3) is 11.8 Å². The van der Waals surface area contributed by atoms with Crippen molar-refractivity contribution in [2.45, 2.75) is 37.5 Å². The zero-order chi connectivity index (χ0) is 17.3. The van der Waals surface area contributed by atoms with Crippen molar-refractivity contribution in [1.29, 1.82) is 0 Å². The minimum atomic E-state index is -2.93. The maximum Gasteiger partial charge on any atom is 0.265 e. The zero-order valence-corrected chi connectivity index (χ0v) is 14.5. The maximum absolute atomic E-state index is 14.2. The van der Waals surface area contributed by atoms with E-state index < -0.39 is 30.0 Å². The Kier molecular flexibility index (Phi) is 6.32. The Morgan fingerprint density at radius 2 is 1.88 bits per heavy atom. The van der Waals surface area contributed by atoms with Crippen molar-refractivity contribution in [3.8, 4) is 0 Å². The zero-order valence-electron chi connectivity index (χ0n) is 13.7. The van der Waals surface area contributed by atoms with Crippen molar-refractivity contribution < 1.29 is 22.4 Å². The number of hydrogen-bond donors (Lipinski definition) is 1. The summed E-state index contributed by atoms with van der Waals surface area (Å²) in [6, 6.07) is 2.15. The maximum atomic E-state index is 14.2. The van der Waals surface area contributed by atoms with Gasteiger partial charge < -0.3 is 10.2 Å². The Labute approximate surface area is 150 Å². The molecule has 0 unspecified atom stereocenters. The van der Waals surface area contributed by atoms with Gasteiger partial charge in [0, 0.05) is 18.5 Å². The highest BCUT2D eigenvalue weighted by Gasteiger charge is 2.37. The molecule has 2 aliphatic rings. The van der Waals surface area contributed by atoms with Gasteiger partial charge in [-0.3, -0.25) is 4.79 Å². The highest BCUT2D eigenvalue weighted by Crippen LogP contribution is 2.31. The van der Waals surface area contributed by atoms with Gasteiger partial charge in [0.2, 0.25) is 0 Å². The molecule has 3 nitrogen and oxygen atoms in total. The number of amides is 1. The van der Waals surface area contributed by atoms with Crippen molar-refractivity contribution in [2.24, 2.45) is 0 Å². The molecular formula is C17H21ClF4N2O. The third-order valence-electron chi connectivity index (χ3n) is 4.76. The van der Waals surface area contributed by atoms with E-state index in [0.29, 0.717) is 25.9 Å². The van der Waals surface area contributed by atoms with E-state index in [2.05, 4.69) is 5.32 Å². The summed E-state index contributed by atoms with van der Waals surface area (Å²) in [5.41, 5.74) is 0.115. The molecule has 8 heteroatoms. The predicted molar refractivity (Wildman–Crippen MR) is 88.5 cm³/mol. The number of halogens is 5. The second kappa shape index (κ2) is 7.91. The fourth-order valence-corrected chi connectivity index (χ4v) is 3.49. The second-order valence-corrected chi connectivity index (χ2v) is 6.57. The van der Waals surface area contributed by atoms with Crippen LogP contribution in [0.15, 0.2) is 12.1 Å². The standard InChI is InChI=1S/C17H20F4N2O.ClH/c18-14-9-12(16(24)23-7-1-4-17(20,21)10-23)8-13(15(14)19)11-2-5-22-6-3-11;/h8-9,11,22H,1-7,10H2;1H. The molecule has 0 atom stereocenters. The molecule has 140 valence electrons. The van der Waals surface area contributed by atoms with Crippen LogP contribution in [-0.4, -0.2) is 42.9 Å². The van der Waals surface area contributed by atoms with Crippen LogP contribution in [0.3, 0.4) is 0 Å². The van der Waals surface area contributed by atoms with Gasteiger partial charge in [0.1, 0.15) is 0 Å². The third-order valence-corrected chi connectivity index (χ3v) is 4.76. The number of rotatable bonds is 2. The molecule has 0 aliphatic carbocycles. The van der Waals surface area contributed by atoms with E-state index >= 15 is 0 Å². The summed E-state index contributed by atoms with van der Waals surface area (Å²) >= 11 is 0. The van der Waals surface area contributed by atoms with Crippen LogP contribution in [0, 0.1) is 11.6 Å². The molecule has 3 rings (SSSR count). The van der Waals surface area contributed by atoms with Crippen LogP contribution >= 0.6 is 12.4 Å². The first kappa shape index (κ1) is 20.0. The Balaban J connectivity index is 0.00000225. The van der Waals surface area contributed by atoms with E-state index in [4.69, 9.17) is 0 Å². The Bertz CT molecular complexity index is 635. The van der Waals surface area contributed by atoms with Crippen molar-refractivity contribution in [3.05, 3.63) is 34.9 Å². The van der Waals surface area contributed by atoms with Crippen LogP contribution < -0.4 is 5.32 Å². The lowest BCUT2D eigenvalue weighted by Gasteiger charge is -2.32. The van der Waals surface area contributed by atoms with Crippen LogP contribution in [-0.2, 0) is 0 Å². The smallest absolute Gasteiger partial charge is 0.265 e. The van der Waals surface area contributed by atoms with E-state index in [1.54, 1.807) is 0 Å². The number of carbonyl (C=O) groups is 1. The minimum Gasteiger partial charge on any atom is -0.333 e. The molecule has 2 aliphatic heterocycles.